The predicted octanol–water partition coefficient (Wildman–Crippen LogP) is 2.37. The molecule has 2 aromatic heterocycles. The molecule has 0 N–H and O–H groups in total. The Labute approximate surface area is 148 Å². The Bertz CT molecular complexity index is 747. The van der Waals surface area contributed by atoms with Gasteiger partial charge in [0.15, 0.2) is 11.5 Å². The Hall–Kier alpha value is -1.95. The highest BCUT2D eigenvalue weighted by Crippen LogP contribution is 2.31. The van der Waals surface area contributed by atoms with Gasteiger partial charge in [-0.15, -0.1) is 10.2 Å². The van der Waals surface area contributed by atoms with E-state index in [4.69, 9.17) is 0 Å². The number of carbonyl (C=O) groups is 1. The van der Waals surface area contributed by atoms with E-state index >= 15 is 0 Å². The molecule has 0 unspecified atom stereocenters. The number of hydrogen-bond donors (Lipinski definition) is 0. The fourth-order valence-electron chi connectivity index (χ4n) is 4.54. The van der Waals surface area contributed by atoms with Crippen molar-refractivity contribution in [2.75, 3.05) is 26.2 Å². The highest BCUT2D eigenvalue weighted by atomic mass is 16.2. The van der Waals surface area contributed by atoms with Gasteiger partial charge in [-0.1, -0.05) is 19.9 Å². The lowest BCUT2D eigenvalue weighted by molar-refractivity contribution is -0.135. The van der Waals surface area contributed by atoms with Crippen LogP contribution in [0.4, 0.5) is 0 Å². The fraction of sp³-hybridized carbons (Fsp3) is 0.632. The maximum absolute atomic E-state index is 12.9. The molecule has 0 aromatic carbocycles. The number of carbonyl (C=O) groups excluding carboxylic acids is 1. The quantitative estimate of drug-likeness (QED) is 0.860. The van der Waals surface area contributed by atoms with Gasteiger partial charge in [-0.3, -0.25) is 14.1 Å². The van der Waals surface area contributed by atoms with Crippen LogP contribution in [0.1, 0.15) is 45.0 Å². The van der Waals surface area contributed by atoms with Crippen LogP contribution in [0.5, 0.6) is 0 Å². The van der Waals surface area contributed by atoms with E-state index in [1.54, 1.807) is 0 Å². The third kappa shape index (κ3) is 3.27. The summed E-state index contributed by atoms with van der Waals surface area (Å²) in [5.74, 6) is 2.42. The summed E-state index contributed by atoms with van der Waals surface area (Å²) in [4.78, 5) is 17.2. The summed E-state index contributed by atoms with van der Waals surface area (Å²) in [7, 11) is 0. The van der Waals surface area contributed by atoms with Gasteiger partial charge < -0.3 is 4.90 Å². The number of pyridine rings is 1. The van der Waals surface area contributed by atoms with Crippen LogP contribution in [0, 0.1) is 11.8 Å². The standard InChI is InChI=1S/C19H27N5O/c1-14-10-15(2)12-23(11-14)18(25)13-22-8-5-6-16(22)19-21-20-17-7-3-4-9-24(17)19/h3-4,7,9,14-16H,5-6,8,10-13H2,1-2H3/t14-,15-,16-/m1/s1. The van der Waals surface area contributed by atoms with E-state index in [1.807, 2.05) is 24.4 Å². The van der Waals surface area contributed by atoms with E-state index in [2.05, 4.69) is 38.2 Å². The van der Waals surface area contributed by atoms with Crippen molar-refractivity contribution in [1.82, 2.24) is 24.4 Å². The number of hydrogen-bond acceptors (Lipinski definition) is 4. The summed E-state index contributed by atoms with van der Waals surface area (Å²) < 4.78 is 2.05. The molecule has 0 spiro atoms. The minimum absolute atomic E-state index is 0.181. The molecule has 134 valence electrons. The van der Waals surface area contributed by atoms with Gasteiger partial charge in [0, 0.05) is 19.3 Å². The number of fused-ring (bicyclic) bond motifs is 1. The van der Waals surface area contributed by atoms with Crippen LogP contribution < -0.4 is 0 Å². The summed E-state index contributed by atoms with van der Waals surface area (Å²) in [6.45, 7) is 7.74. The largest absolute Gasteiger partial charge is 0.341 e. The first-order valence-electron chi connectivity index (χ1n) is 9.43. The van der Waals surface area contributed by atoms with Crippen molar-refractivity contribution in [1.29, 1.82) is 0 Å². The zero-order valence-electron chi connectivity index (χ0n) is 15.1. The zero-order chi connectivity index (χ0) is 17.4. The van der Waals surface area contributed by atoms with Crippen molar-refractivity contribution >= 4 is 11.6 Å². The topological polar surface area (TPSA) is 53.7 Å². The molecule has 4 heterocycles. The molecule has 1 amide bonds. The van der Waals surface area contributed by atoms with Gasteiger partial charge in [0.05, 0.1) is 12.6 Å². The Balaban J connectivity index is 1.49. The second kappa shape index (κ2) is 6.75. The molecule has 0 radical (unpaired) electrons. The molecule has 2 fully saturated rings. The Morgan fingerprint density at radius 2 is 2.00 bits per heavy atom. The molecule has 2 aliphatic rings. The van der Waals surface area contributed by atoms with Gasteiger partial charge in [-0.05, 0) is 49.8 Å². The van der Waals surface area contributed by atoms with Crippen LogP contribution in [0.15, 0.2) is 24.4 Å². The van der Waals surface area contributed by atoms with Gasteiger partial charge >= 0.3 is 0 Å². The molecule has 0 saturated carbocycles. The number of piperidine rings is 1. The first-order chi connectivity index (χ1) is 12.1. The SMILES string of the molecule is C[C@@H]1C[C@@H](C)CN(C(=O)CN2CCC[C@@H]2c2nnc3ccccn23)C1. The average molecular weight is 341 g/mol. The van der Waals surface area contributed by atoms with E-state index in [0.29, 0.717) is 18.4 Å². The van der Waals surface area contributed by atoms with Gasteiger partial charge in [-0.25, -0.2) is 0 Å². The average Bonchev–Trinajstić information content (AvgIpc) is 3.20. The number of nitrogens with zero attached hydrogens (tertiary/aromatic N) is 5. The lowest BCUT2D eigenvalue weighted by Crippen LogP contribution is -2.47. The predicted molar refractivity (Wildman–Crippen MR) is 96.1 cm³/mol. The number of likely N-dealkylation sites (tertiary alicyclic amines) is 2. The summed E-state index contributed by atoms with van der Waals surface area (Å²) in [5, 5.41) is 8.70. The van der Waals surface area contributed by atoms with Crippen molar-refractivity contribution in [3.05, 3.63) is 30.2 Å². The third-order valence-corrected chi connectivity index (χ3v) is 5.56. The minimum atomic E-state index is 0.181. The molecule has 2 aromatic rings. The molecule has 4 rings (SSSR count). The molecular weight excluding hydrogens is 314 g/mol. The van der Waals surface area contributed by atoms with Crippen molar-refractivity contribution in [3.8, 4) is 0 Å². The molecule has 2 aliphatic heterocycles. The van der Waals surface area contributed by atoms with Crippen molar-refractivity contribution in [3.63, 3.8) is 0 Å². The normalized spacial score (nSPS) is 27.9. The molecule has 0 bridgehead atoms. The zero-order valence-corrected chi connectivity index (χ0v) is 15.1. The van der Waals surface area contributed by atoms with Crippen LogP contribution in [-0.2, 0) is 4.79 Å². The van der Waals surface area contributed by atoms with Crippen LogP contribution in [-0.4, -0.2) is 56.5 Å². The maximum Gasteiger partial charge on any atom is 0.236 e. The maximum atomic E-state index is 12.9. The molecule has 2 saturated heterocycles. The highest BCUT2D eigenvalue weighted by Gasteiger charge is 2.33. The lowest BCUT2D eigenvalue weighted by Gasteiger charge is -2.36. The van der Waals surface area contributed by atoms with E-state index in [-0.39, 0.29) is 11.9 Å². The lowest BCUT2D eigenvalue weighted by atomic mass is 9.92. The Kier molecular flexibility index (Phi) is 4.46. The summed E-state index contributed by atoms with van der Waals surface area (Å²) in [6.07, 6.45) is 5.38. The van der Waals surface area contributed by atoms with Gasteiger partial charge in [0.25, 0.3) is 0 Å². The second-order valence-corrected chi connectivity index (χ2v) is 7.86. The summed E-state index contributed by atoms with van der Waals surface area (Å²) >= 11 is 0. The third-order valence-electron chi connectivity index (χ3n) is 5.56. The van der Waals surface area contributed by atoms with E-state index in [1.165, 1.54) is 6.42 Å². The van der Waals surface area contributed by atoms with E-state index < -0.39 is 0 Å². The van der Waals surface area contributed by atoms with Gasteiger partial charge in [0.2, 0.25) is 5.91 Å². The second-order valence-electron chi connectivity index (χ2n) is 7.86. The van der Waals surface area contributed by atoms with E-state index in [9.17, 15) is 4.79 Å². The number of rotatable bonds is 3. The molecular formula is C19H27N5O. The number of amides is 1. The van der Waals surface area contributed by atoms with Gasteiger partial charge in [0.1, 0.15) is 0 Å². The van der Waals surface area contributed by atoms with E-state index in [0.717, 1.165) is 43.9 Å². The molecule has 0 aliphatic carbocycles. The Morgan fingerprint density at radius 3 is 2.80 bits per heavy atom. The van der Waals surface area contributed by atoms with Crippen LogP contribution in [0.3, 0.4) is 0 Å². The Morgan fingerprint density at radius 1 is 1.20 bits per heavy atom. The fourth-order valence-corrected chi connectivity index (χ4v) is 4.54. The highest BCUT2D eigenvalue weighted by molar-refractivity contribution is 5.78. The first kappa shape index (κ1) is 16.5. The van der Waals surface area contributed by atoms with Crippen molar-refractivity contribution in [2.45, 2.75) is 39.2 Å². The molecule has 3 atom stereocenters. The summed E-state index contributed by atoms with van der Waals surface area (Å²) in [5.41, 5.74) is 0.870. The van der Waals surface area contributed by atoms with Crippen LogP contribution in [0.25, 0.3) is 5.65 Å². The minimum Gasteiger partial charge on any atom is -0.341 e. The number of aromatic nitrogens is 3. The smallest absolute Gasteiger partial charge is 0.236 e. The van der Waals surface area contributed by atoms with Crippen LogP contribution in [0.2, 0.25) is 0 Å². The monoisotopic (exact) mass is 341 g/mol. The molecule has 6 nitrogen and oxygen atoms in total. The molecule has 25 heavy (non-hydrogen) atoms. The molecule has 6 heteroatoms. The van der Waals surface area contributed by atoms with Crippen molar-refractivity contribution in [2.24, 2.45) is 11.8 Å². The van der Waals surface area contributed by atoms with Gasteiger partial charge in [-0.2, -0.15) is 0 Å². The van der Waals surface area contributed by atoms with Crippen molar-refractivity contribution < 1.29 is 4.79 Å². The van der Waals surface area contributed by atoms with Crippen LogP contribution >= 0.6 is 0 Å². The first-order valence-corrected chi connectivity index (χ1v) is 9.43. The summed E-state index contributed by atoms with van der Waals surface area (Å²) in [6, 6.07) is 6.13.